The van der Waals surface area contributed by atoms with Gasteiger partial charge in [-0.25, -0.2) is 9.10 Å². The molecule has 0 N–H and O–H groups in total. The highest BCUT2D eigenvalue weighted by atomic mass is 32.2. The molecule has 0 aromatic rings. The van der Waals surface area contributed by atoms with Crippen LogP contribution < -0.4 is 0 Å². The van der Waals surface area contributed by atoms with Crippen molar-refractivity contribution in [3.63, 3.8) is 0 Å². The van der Waals surface area contributed by atoms with E-state index in [1.165, 1.54) is 0 Å². The summed E-state index contributed by atoms with van der Waals surface area (Å²) in [5, 5.41) is 0. The Morgan fingerprint density at radius 3 is 2.46 bits per heavy atom. The Morgan fingerprint density at radius 1 is 1.62 bits per heavy atom. The van der Waals surface area contributed by atoms with Crippen LogP contribution in [0.1, 0.15) is 27.2 Å². The molecule has 0 saturated heterocycles. The SMILES string of the molecule is CCC(C)OC(=O)N(CC)S(=O)[O-]. The number of nitrogens with zero attached hydrogens (tertiary/aromatic N) is 1. The van der Waals surface area contributed by atoms with E-state index in [-0.39, 0.29) is 12.6 Å². The van der Waals surface area contributed by atoms with Gasteiger partial charge in [-0.05, 0) is 20.3 Å². The van der Waals surface area contributed by atoms with Crippen LogP contribution in [0, 0.1) is 0 Å². The maximum Gasteiger partial charge on any atom is 0.421 e. The minimum absolute atomic E-state index is 0.0887. The molecule has 6 heteroatoms. The Labute approximate surface area is 80.5 Å². The Bertz CT molecular complexity index is 197. The van der Waals surface area contributed by atoms with Crippen LogP contribution in [0.2, 0.25) is 0 Å². The summed E-state index contributed by atoms with van der Waals surface area (Å²) in [6.07, 6.45) is -0.412. The van der Waals surface area contributed by atoms with Crippen molar-refractivity contribution < 1.29 is 18.3 Å². The minimum Gasteiger partial charge on any atom is -0.755 e. The van der Waals surface area contributed by atoms with Crippen molar-refractivity contribution in [3.8, 4) is 0 Å². The van der Waals surface area contributed by atoms with Gasteiger partial charge < -0.3 is 9.29 Å². The average molecular weight is 208 g/mol. The topological polar surface area (TPSA) is 69.7 Å². The van der Waals surface area contributed by atoms with E-state index in [4.69, 9.17) is 4.74 Å². The minimum atomic E-state index is -2.54. The molecular formula is C7H14NO4S-. The molecule has 13 heavy (non-hydrogen) atoms. The molecule has 0 heterocycles. The van der Waals surface area contributed by atoms with E-state index < -0.39 is 17.4 Å². The van der Waals surface area contributed by atoms with Crippen LogP contribution in [0.25, 0.3) is 0 Å². The van der Waals surface area contributed by atoms with Gasteiger partial charge in [0, 0.05) is 6.54 Å². The van der Waals surface area contributed by atoms with Crippen LogP contribution in [0.3, 0.4) is 0 Å². The Balaban J connectivity index is 4.14. The molecule has 0 aliphatic heterocycles. The first kappa shape index (κ1) is 12.4. The van der Waals surface area contributed by atoms with Crippen LogP contribution in [-0.2, 0) is 16.0 Å². The highest BCUT2D eigenvalue weighted by Gasteiger charge is 2.15. The van der Waals surface area contributed by atoms with Crippen LogP contribution in [-0.4, -0.2) is 31.8 Å². The molecule has 0 aliphatic carbocycles. The predicted molar refractivity (Wildman–Crippen MR) is 47.5 cm³/mol. The van der Waals surface area contributed by atoms with E-state index in [0.29, 0.717) is 10.7 Å². The summed E-state index contributed by atoms with van der Waals surface area (Å²) in [4.78, 5) is 11.1. The van der Waals surface area contributed by atoms with E-state index in [9.17, 15) is 13.6 Å². The maximum atomic E-state index is 11.1. The van der Waals surface area contributed by atoms with Crippen molar-refractivity contribution in [1.29, 1.82) is 0 Å². The molecule has 0 rings (SSSR count). The van der Waals surface area contributed by atoms with Crippen molar-refractivity contribution in [2.45, 2.75) is 33.3 Å². The van der Waals surface area contributed by atoms with Gasteiger partial charge in [-0.15, -0.1) is 0 Å². The number of rotatable bonds is 4. The van der Waals surface area contributed by atoms with E-state index >= 15 is 0 Å². The zero-order valence-corrected chi connectivity index (χ0v) is 8.80. The van der Waals surface area contributed by atoms with Crippen LogP contribution >= 0.6 is 0 Å². The number of hydrogen-bond donors (Lipinski definition) is 0. The number of ether oxygens (including phenoxy) is 1. The number of carbonyl (C=O) groups is 1. The fraction of sp³-hybridized carbons (Fsp3) is 0.857. The Kier molecular flexibility index (Phi) is 5.65. The number of carbonyl (C=O) groups excluding carboxylic acids is 1. The van der Waals surface area contributed by atoms with Gasteiger partial charge >= 0.3 is 6.09 Å². The lowest BCUT2D eigenvalue weighted by atomic mass is 10.3. The molecule has 2 unspecified atom stereocenters. The van der Waals surface area contributed by atoms with Gasteiger partial charge in [0.05, 0.1) is 11.3 Å². The van der Waals surface area contributed by atoms with Gasteiger partial charge in [-0.2, -0.15) is 0 Å². The van der Waals surface area contributed by atoms with Gasteiger partial charge in [-0.1, -0.05) is 6.92 Å². The molecule has 5 nitrogen and oxygen atoms in total. The first-order valence-electron chi connectivity index (χ1n) is 4.10. The Morgan fingerprint density at radius 2 is 2.15 bits per heavy atom. The summed E-state index contributed by atoms with van der Waals surface area (Å²) in [7, 11) is 0. The molecule has 0 spiro atoms. The first-order valence-corrected chi connectivity index (χ1v) is 5.13. The lowest BCUT2D eigenvalue weighted by Gasteiger charge is -2.23. The lowest BCUT2D eigenvalue weighted by Crippen LogP contribution is -2.34. The second kappa shape index (κ2) is 5.93. The Hall–Kier alpha value is -0.620. The normalized spacial score (nSPS) is 14.8. The number of hydrogen-bond acceptors (Lipinski definition) is 4. The molecule has 0 aliphatic rings. The second-order valence-electron chi connectivity index (χ2n) is 2.51. The van der Waals surface area contributed by atoms with Gasteiger partial charge in [-0.3, -0.25) is 4.21 Å². The second-order valence-corrected chi connectivity index (χ2v) is 3.39. The zero-order chi connectivity index (χ0) is 10.4. The van der Waals surface area contributed by atoms with Crippen molar-refractivity contribution in [2.75, 3.05) is 6.54 Å². The van der Waals surface area contributed by atoms with Crippen molar-refractivity contribution in [3.05, 3.63) is 0 Å². The highest BCUT2D eigenvalue weighted by Crippen LogP contribution is 2.02. The molecule has 0 aromatic carbocycles. The van der Waals surface area contributed by atoms with E-state index in [2.05, 4.69) is 0 Å². The predicted octanol–water partition coefficient (Wildman–Crippen LogP) is 1.04. The standard InChI is InChI=1S/C7H15NO4S/c1-4-6(3)12-7(9)8(5-2)13(10)11/h6H,4-5H2,1-3H3,(H,10,11)/p-1. The molecule has 2 atom stereocenters. The fourth-order valence-corrected chi connectivity index (χ4v) is 0.985. The summed E-state index contributed by atoms with van der Waals surface area (Å²) in [5.41, 5.74) is 0. The third kappa shape index (κ3) is 4.23. The van der Waals surface area contributed by atoms with Crippen molar-refractivity contribution in [1.82, 2.24) is 4.31 Å². The quantitative estimate of drug-likeness (QED) is 0.647. The first-order chi connectivity index (χ1) is 6.02. The average Bonchev–Trinajstić information content (AvgIpc) is 2.04. The van der Waals surface area contributed by atoms with Crippen molar-refractivity contribution >= 4 is 17.4 Å². The number of amides is 1. The third-order valence-electron chi connectivity index (χ3n) is 1.55. The van der Waals surface area contributed by atoms with Gasteiger partial charge in [0.2, 0.25) is 0 Å². The third-order valence-corrected chi connectivity index (χ3v) is 2.31. The van der Waals surface area contributed by atoms with E-state index in [1.807, 2.05) is 6.92 Å². The summed E-state index contributed by atoms with van der Waals surface area (Å²) < 4.78 is 26.4. The van der Waals surface area contributed by atoms with Gasteiger partial charge in [0.1, 0.15) is 6.10 Å². The molecule has 78 valence electrons. The molecule has 0 aromatic heterocycles. The smallest absolute Gasteiger partial charge is 0.421 e. The van der Waals surface area contributed by atoms with E-state index in [1.54, 1.807) is 13.8 Å². The van der Waals surface area contributed by atoms with Crippen LogP contribution in [0.15, 0.2) is 0 Å². The molecule has 0 radical (unpaired) electrons. The van der Waals surface area contributed by atoms with Gasteiger partial charge in [0.15, 0.2) is 0 Å². The molecule has 0 bridgehead atoms. The largest absolute Gasteiger partial charge is 0.755 e. The molecule has 0 saturated carbocycles. The van der Waals surface area contributed by atoms with Gasteiger partial charge in [0.25, 0.3) is 0 Å². The molecule has 1 amide bonds. The maximum absolute atomic E-state index is 11.1. The summed E-state index contributed by atoms with van der Waals surface area (Å²) >= 11 is -2.54. The highest BCUT2D eigenvalue weighted by molar-refractivity contribution is 7.77. The fourth-order valence-electron chi connectivity index (χ4n) is 0.610. The molecular weight excluding hydrogens is 194 g/mol. The van der Waals surface area contributed by atoms with Crippen LogP contribution in [0.5, 0.6) is 0 Å². The monoisotopic (exact) mass is 208 g/mol. The summed E-state index contributed by atoms with van der Waals surface area (Å²) in [6.45, 7) is 5.21. The zero-order valence-electron chi connectivity index (χ0n) is 7.98. The summed E-state index contributed by atoms with van der Waals surface area (Å²) in [6, 6.07) is 0. The summed E-state index contributed by atoms with van der Waals surface area (Å²) in [5.74, 6) is 0. The lowest BCUT2D eigenvalue weighted by molar-refractivity contribution is 0.0876. The van der Waals surface area contributed by atoms with E-state index in [0.717, 1.165) is 0 Å². The van der Waals surface area contributed by atoms with Crippen molar-refractivity contribution in [2.24, 2.45) is 0 Å². The van der Waals surface area contributed by atoms with Crippen LogP contribution in [0.4, 0.5) is 4.79 Å². The molecule has 0 fully saturated rings.